The third-order valence-corrected chi connectivity index (χ3v) is 3.69. The largest absolute Gasteiger partial charge is 0.374 e. The summed E-state index contributed by atoms with van der Waals surface area (Å²) >= 11 is 6.42. The van der Waals surface area contributed by atoms with Crippen molar-refractivity contribution in [2.45, 2.75) is 37.2 Å². The van der Waals surface area contributed by atoms with E-state index >= 15 is 0 Å². The molecule has 1 aromatic rings. The first-order valence-corrected chi connectivity index (χ1v) is 5.81. The molecule has 1 aliphatic heterocycles. The molecule has 1 aliphatic rings. The molecule has 1 saturated heterocycles. The maximum Gasteiger partial charge on any atom is 0.0821 e. The molecule has 1 fully saturated rings. The summed E-state index contributed by atoms with van der Waals surface area (Å²) in [5, 5.41) is 0.0439. The van der Waals surface area contributed by atoms with E-state index in [2.05, 4.69) is 11.9 Å². The average molecular weight is 226 g/mol. The van der Waals surface area contributed by atoms with Gasteiger partial charge in [0.25, 0.3) is 0 Å². The van der Waals surface area contributed by atoms with E-state index in [0.717, 1.165) is 25.9 Å². The maximum atomic E-state index is 6.42. The zero-order chi connectivity index (χ0) is 10.7. The van der Waals surface area contributed by atoms with E-state index < -0.39 is 0 Å². The lowest BCUT2D eigenvalue weighted by atomic mass is 9.94. The van der Waals surface area contributed by atoms with Gasteiger partial charge >= 0.3 is 0 Å². The number of ether oxygens (including phenoxy) is 1. The third kappa shape index (κ3) is 2.50. The van der Waals surface area contributed by atoms with Crippen molar-refractivity contribution < 1.29 is 4.74 Å². The molecule has 2 heterocycles. The van der Waals surface area contributed by atoms with Crippen molar-refractivity contribution in [3.8, 4) is 0 Å². The summed E-state index contributed by atoms with van der Waals surface area (Å²) in [6.45, 7) is 2.95. The van der Waals surface area contributed by atoms with Gasteiger partial charge in [0.1, 0.15) is 0 Å². The molecule has 15 heavy (non-hydrogen) atoms. The van der Waals surface area contributed by atoms with E-state index in [4.69, 9.17) is 16.3 Å². The highest BCUT2D eigenvalue weighted by Gasteiger charge is 2.37. The first-order valence-electron chi connectivity index (χ1n) is 5.38. The van der Waals surface area contributed by atoms with Crippen LogP contribution in [0.1, 0.15) is 25.3 Å². The predicted molar refractivity (Wildman–Crippen MR) is 61.2 cm³/mol. The van der Waals surface area contributed by atoms with Crippen LogP contribution in [0.4, 0.5) is 0 Å². The monoisotopic (exact) mass is 225 g/mol. The van der Waals surface area contributed by atoms with E-state index in [0.29, 0.717) is 0 Å². The third-order valence-electron chi connectivity index (χ3n) is 3.08. The standard InChI is InChI=1S/C12H16ClNO/c1-12(5-2-8-15-12)11(13)9-10-3-6-14-7-4-10/h3-4,6-7,11H,2,5,8-9H2,1H3. The van der Waals surface area contributed by atoms with Crippen molar-refractivity contribution in [3.05, 3.63) is 30.1 Å². The molecule has 0 N–H and O–H groups in total. The Labute approximate surface area is 95.6 Å². The Morgan fingerprint density at radius 3 is 2.87 bits per heavy atom. The Bertz CT molecular complexity index is 309. The van der Waals surface area contributed by atoms with Gasteiger partial charge in [-0.3, -0.25) is 4.98 Å². The van der Waals surface area contributed by atoms with Gasteiger partial charge in [0.15, 0.2) is 0 Å². The molecule has 0 amide bonds. The highest BCUT2D eigenvalue weighted by atomic mass is 35.5. The number of alkyl halides is 1. The van der Waals surface area contributed by atoms with Crippen molar-refractivity contribution >= 4 is 11.6 Å². The Kier molecular flexibility index (Phi) is 3.27. The highest BCUT2D eigenvalue weighted by Crippen LogP contribution is 2.33. The summed E-state index contributed by atoms with van der Waals surface area (Å²) in [5.74, 6) is 0. The first kappa shape index (κ1) is 10.9. The van der Waals surface area contributed by atoms with Crippen LogP contribution in [-0.2, 0) is 11.2 Å². The minimum Gasteiger partial charge on any atom is -0.374 e. The van der Waals surface area contributed by atoms with Gasteiger partial charge < -0.3 is 4.74 Å². The minimum atomic E-state index is -0.148. The highest BCUT2D eigenvalue weighted by molar-refractivity contribution is 6.21. The van der Waals surface area contributed by atoms with Gasteiger partial charge in [0.05, 0.1) is 11.0 Å². The van der Waals surface area contributed by atoms with Gasteiger partial charge in [0.2, 0.25) is 0 Å². The molecule has 2 unspecified atom stereocenters. The van der Waals surface area contributed by atoms with Crippen molar-refractivity contribution in [1.29, 1.82) is 0 Å². The first-order chi connectivity index (χ1) is 7.21. The lowest BCUT2D eigenvalue weighted by molar-refractivity contribution is 0.0169. The summed E-state index contributed by atoms with van der Waals surface area (Å²) in [6, 6.07) is 4.02. The normalized spacial score (nSPS) is 27.9. The van der Waals surface area contributed by atoms with Crippen LogP contribution >= 0.6 is 11.6 Å². The molecular weight excluding hydrogens is 210 g/mol. The minimum absolute atomic E-state index is 0.0439. The van der Waals surface area contributed by atoms with E-state index in [-0.39, 0.29) is 11.0 Å². The molecule has 2 nitrogen and oxygen atoms in total. The lowest BCUT2D eigenvalue weighted by Gasteiger charge is -2.28. The average Bonchev–Trinajstić information content (AvgIpc) is 2.68. The van der Waals surface area contributed by atoms with Gasteiger partial charge in [-0.25, -0.2) is 0 Å². The van der Waals surface area contributed by atoms with Crippen LogP contribution in [0.25, 0.3) is 0 Å². The smallest absolute Gasteiger partial charge is 0.0821 e. The van der Waals surface area contributed by atoms with Crippen LogP contribution in [0, 0.1) is 0 Å². The number of hydrogen-bond donors (Lipinski definition) is 0. The van der Waals surface area contributed by atoms with Gasteiger partial charge in [-0.15, -0.1) is 11.6 Å². The van der Waals surface area contributed by atoms with Gasteiger partial charge in [-0.05, 0) is 43.9 Å². The van der Waals surface area contributed by atoms with E-state index in [1.807, 2.05) is 12.1 Å². The Morgan fingerprint density at radius 1 is 1.53 bits per heavy atom. The molecule has 0 aliphatic carbocycles. The summed E-state index contributed by atoms with van der Waals surface area (Å²) in [6.07, 6.45) is 6.64. The fourth-order valence-corrected chi connectivity index (χ4v) is 2.34. The summed E-state index contributed by atoms with van der Waals surface area (Å²) in [4.78, 5) is 3.99. The van der Waals surface area contributed by atoms with Crippen LogP contribution in [0.3, 0.4) is 0 Å². The molecule has 82 valence electrons. The van der Waals surface area contributed by atoms with Gasteiger partial charge in [-0.2, -0.15) is 0 Å². The number of rotatable bonds is 3. The van der Waals surface area contributed by atoms with E-state index in [9.17, 15) is 0 Å². The van der Waals surface area contributed by atoms with E-state index in [1.165, 1.54) is 5.56 Å². The topological polar surface area (TPSA) is 22.1 Å². The second-order valence-corrected chi connectivity index (χ2v) is 4.82. The van der Waals surface area contributed by atoms with Crippen LogP contribution in [-0.4, -0.2) is 22.6 Å². The van der Waals surface area contributed by atoms with Crippen LogP contribution in [0.2, 0.25) is 0 Å². The fraction of sp³-hybridized carbons (Fsp3) is 0.583. The molecule has 0 saturated carbocycles. The summed E-state index contributed by atoms with van der Waals surface area (Å²) in [7, 11) is 0. The number of nitrogens with zero attached hydrogens (tertiary/aromatic N) is 1. The molecule has 0 spiro atoms. The van der Waals surface area contributed by atoms with Gasteiger partial charge in [-0.1, -0.05) is 0 Å². The Balaban J connectivity index is 2.00. The van der Waals surface area contributed by atoms with Crippen molar-refractivity contribution in [2.75, 3.05) is 6.61 Å². The molecule has 2 atom stereocenters. The van der Waals surface area contributed by atoms with Crippen LogP contribution in [0.5, 0.6) is 0 Å². The second-order valence-electron chi connectivity index (χ2n) is 4.29. The zero-order valence-electron chi connectivity index (χ0n) is 8.95. The molecule has 0 aromatic carbocycles. The van der Waals surface area contributed by atoms with Gasteiger partial charge in [0, 0.05) is 19.0 Å². The zero-order valence-corrected chi connectivity index (χ0v) is 9.70. The number of hydrogen-bond acceptors (Lipinski definition) is 2. The molecule has 0 radical (unpaired) electrons. The molecule has 3 heteroatoms. The Hall–Kier alpha value is -0.600. The number of halogens is 1. The summed E-state index contributed by atoms with van der Waals surface area (Å²) in [5.41, 5.74) is 1.08. The number of aromatic nitrogens is 1. The number of pyridine rings is 1. The van der Waals surface area contributed by atoms with Crippen molar-refractivity contribution in [3.63, 3.8) is 0 Å². The predicted octanol–water partition coefficient (Wildman–Crippen LogP) is 2.80. The lowest BCUT2D eigenvalue weighted by Crippen LogP contribution is -2.36. The SMILES string of the molecule is CC1(C(Cl)Cc2ccncc2)CCCO1. The summed E-state index contributed by atoms with van der Waals surface area (Å²) < 4.78 is 5.73. The maximum absolute atomic E-state index is 6.42. The van der Waals surface area contributed by atoms with Crippen LogP contribution < -0.4 is 0 Å². The molecular formula is C12H16ClNO. The Morgan fingerprint density at radius 2 is 2.27 bits per heavy atom. The molecule has 1 aromatic heterocycles. The fourth-order valence-electron chi connectivity index (χ4n) is 1.99. The van der Waals surface area contributed by atoms with Crippen molar-refractivity contribution in [1.82, 2.24) is 4.98 Å². The van der Waals surface area contributed by atoms with Crippen molar-refractivity contribution in [2.24, 2.45) is 0 Å². The molecule has 0 bridgehead atoms. The second kappa shape index (κ2) is 4.50. The van der Waals surface area contributed by atoms with E-state index in [1.54, 1.807) is 12.4 Å². The quantitative estimate of drug-likeness (QED) is 0.738. The van der Waals surface area contributed by atoms with Crippen LogP contribution in [0.15, 0.2) is 24.5 Å². The molecule has 2 rings (SSSR count).